The SMILES string of the molecule is O=C([C@@H](O)c1ccc(F)cc1)N1CCN(C2CCCCC2)C(=O)C1. The molecule has 0 unspecified atom stereocenters. The lowest BCUT2D eigenvalue weighted by Gasteiger charge is -2.41. The Bertz CT molecular complexity index is 599. The zero-order valence-electron chi connectivity index (χ0n) is 13.7. The highest BCUT2D eigenvalue weighted by Gasteiger charge is 2.34. The molecule has 1 N–H and O–H groups in total. The second kappa shape index (κ2) is 7.30. The Morgan fingerprint density at radius 2 is 1.79 bits per heavy atom. The predicted octanol–water partition coefficient (Wildman–Crippen LogP) is 1.86. The third kappa shape index (κ3) is 3.59. The Balaban J connectivity index is 1.61. The molecule has 1 aromatic carbocycles. The van der Waals surface area contributed by atoms with Crippen LogP contribution in [0.5, 0.6) is 0 Å². The van der Waals surface area contributed by atoms with Gasteiger partial charge in [-0.2, -0.15) is 0 Å². The Morgan fingerprint density at radius 3 is 2.42 bits per heavy atom. The van der Waals surface area contributed by atoms with Crippen LogP contribution in [0.4, 0.5) is 4.39 Å². The molecule has 1 aromatic rings. The first-order valence-electron chi connectivity index (χ1n) is 8.58. The molecule has 1 aliphatic heterocycles. The van der Waals surface area contributed by atoms with Gasteiger partial charge in [-0.25, -0.2) is 4.39 Å². The molecule has 2 aliphatic rings. The molecular formula is C18H23FN2O3. The smallest absolute Gasteiger partial charge is 0.256 e. The predicted molar refractivity (Wildman–Crippen MR) is 86.5 cm³/mol. The summed E-state index contributed by atoms with van der Waals surface area (Å²) in [5, 5.41) is 10.2. The lowest BCUT2D eigenvalue weighted by Crippen LogP contribution is -2.56. The summed E-state index contributed by atoms with van der Waals surface area (Å²) in [5.74, 6) is -0.972. The summed E-state index contributed by atoms with van der Waals surface area (Å²) < 4.78 is 12.9. The summed E-state index contributed by atoms with van der Waals surface area (Å²) in [4.78, 5) is 28.1. The van der Waals surface area contributed by atoms with Crippen molar-refractivity contribution >= 4 is 11.8 Å². The fraction of sp³-hybridized carbons (Fsp3) is 0.556. The maximum atomic E-state index is 12.9. The van der Waals surface area contributed by atoms with Gasteiger partial charge >= 0.3 is 0 Å². The molecule has 0 aromatic heterocycles. The van der Waals surface area contributed by atoms with Crippen LogP contribution in [0.3, 0.4) is 0 Å². The summed E-state index contributed by atoms with van der Waals surface area (Å²) in [6.45, 7) is 0.957. The van der Waals surface area contributed by atoms with Crippen molar-refractivity contribution in [2.24, 2.45) is 0 Å². The third-order valence-electron chi connectivity index (χ3n) is 5.00. The van der Waals surface area contributed by atoms with Crippen molar-refractivity contribution in [2.45, 2.75) is 44.2 Å². The van der Waals surface area contributed by atoms with Gasteiger partial charge in [0.2, 0.25) is 5.91 Å². The van der Waals surface area contributed by atoms with Gasteiger partial charge in [-0.1, -0.05) is 31.4 Å². The number of carbonyl (C=O) groups is 2. The first-order chi connectivity index (χ1) is 11.6. The Kier molecular flexibility index (Phi) is 5.14. The van der Waals surface area contributed by atoms with Crippen LogP contribution < -0.4 is 0 Å². The third-order valence-corrected chi connectivity index (χ3v) is 5.00. The molecule has 5 nitrogen and oxygen atoms in total. The van der Waals surface area contributed by atoms with E-state index < -0.39 is 17.8 Å². The number of aliphatic hydroxyl groups is 1. The van der Waals surface area contributed by atoms with Crippen LogP contribution in [0.15, 0.2) is 24.3 Å². The maximum absolute atomic E-state index is 12.9. The molecule has 1 heterocycles. The summed E-state index contributed by atoms with van der Waals surface area (Å²) in [6.07, 6.45) is 4.25. The zero-order chi connectivity index (χ0) is 17.1. The molecule has 3 rings (SSSR count). The maximum Gasteiger partial charge on any atom is 0.256 e. The van der Waals surface area contributed by atoms with E-state index in [4.69, 9.17) is 0 Å². The van der Waals surface area contributed by atoms with Crippen molar-refractivity contribution in [2.75, 3.05) is 19.6 Å². The highest BCUT2D eigenvalue weighted by atomic mass is 19.1. The van der Waals surface area contributed by atoms with E-state index in [1.807, 2.05) is 4.90 Å². The van der Waals surface area contributed by atoms with Crippen LogP contribution in [-0.4, -0.2) is 52.4 Å². The summed E-state index contributed by atoms with van der Waals surface area (Å²) in [6, 6.07) is 5.48. The van der Waals surface area contributed by atoms with Crippen molar-refractivity contribution in [3.8, 4) is 0 Å². The molecule has 0 radical (unpaired) electrons. The molecule has 2 amide bonds. The number of aliphatic hydroxyl groups excluding tert-OH is 1. The van der Waals surface area contributed by atoms with E-state index in [1.165, 1.54) is 35.6 Å². The molecule has 24 heavy (non-hydrogen) atoms. The standard InChI is InChI=1S/C18H23FN2O3/c19-14-8-6-13(7-9-14)17(23)18(24)20-10-11-21(16(22)12-20)15-4-2-1-3-5-15/h6-9,15,17,23H,1-5,10-12H2/t17-/m0/s1. The zero-order valence-corrected chi connectivity index (χ0v) is 13.7. The number of hydrogen-bond acceptors (Lipinski definition) is 3. The van der Waals surface area contributed by atoms with Crippen LogP contribution in [0.1, 0.15) is 43.8 Å². The number of halogens is 1. The van der Waals surface area contributed by atoms with E-state index in [1.54, 1.807) is 0 Å². The van der Waals surface area contributed by atoms with Crippen LogP contribution in [0.25, 0.3) is 0 Å². The van der Waals surface area contributed by atoms with E-state index in [9.17, 15) is 19.1 Å². The normalized spacial score (nSPS) is 21.0. The molecule has 2 fully saturated rings. The summed E-state index contributed by atoms with van der Waals surface area (Å²) in [7, 11) is 0. The Labute approximate surface area is 141 Å². The van der Waals surface area contributed by atoms with Crippen molar-refractivity contribution in [1.29, 1.82) is 0 Å². The first kappa shape index (κ1) is 16.9. The molecule has 6 heteroatoms. The van der Waals surface area contributed by atoms with Gasteiger partial charge in [-0.05, 0) is 30.5 Å². The van der Waals surface area contributed by atoms with Gasteiger partial charge in [0.1, 0.15) is 5.82 Å². The number of nitrogens with zero attached hydrogens (tertiary/aromatic N) is 2. The minimum absolute atomic E-state index is 0.00753. The van der Waals surface area contributed by atoms with Crippen molar-refractivity contribution in [3.63, 3.8) is 0 Å². The largest absolute Gasteiger partial charge is 0.378 e. The fourth-order valence-electron chi connectivity index (χ4n) is 3.61. The topological polar surface area (TPSA) is 60.9 Å². The van der Waals surface area contributed by atoms with E-state index >= 15 is 0 Å². The van der Waals surface area contributed by atoms with Crippen LogP contribution in [0, 0.1) is 5.82 Å². The molecule has 1 saturated heterocycles. The molecular weight excluding hydrogens is 311 g/mol. The van der Waals surface area contributed by atoms with E-state index in [2.05, 4.69) is 0 Å². The number of rotatable bonds is 3. The average Bonchev–Trinajstić information content (AvgIpc) is 2.62. The minimum atomic E-state index is -1.36. The van der Waals surface area contributed by atoms with Crippen LogP contribution >= 0.6 is 0 Å². The number of piperazine rings is 1. The van der Waals surface area contributed by atoms with Gasteiger partial charge in [0.05, 0.1) is 6.54 Å². The number of carbonyl (C=O) groups excluding carboxylic acids is 2. The Morgan fingerprint density at radius 1 is 1.12 bits per heavy atom. The molecule has 130 valence electrons. The highest BCUT2D eigenvalue weighted by molar-refractivity contribution is 5.88. The second-order valence-electron chi connectivity index (χ2n) is 6.59. The molecule has 0 spiro atoms. The quantitative estimate of drug-likeness (QED) is 0.918. The molecule has 1 aliphatic carbocycles. The van der Waals surface area contributed by atoms with E-state index in [0.29, 0.717) is 24.7 Å². The van der Waals surface area contributed by atoms with Gasteiger partial charge < -0.3 is 14.9 Å². The monoisotopic (exact) mass is 334 g/mol. The Hall–Kier alpha value is -1.95. The van der Waals surface area contributed by atoms with E-state index in [-0.39, 0.29) is 12.5 Å². The minimum Gasteiger partial charge on any atom is -0.378 e. The second-order valence-corrected chi connectivity index (χ2v) is 6.59. The molecule has 1 saturated carbocycles. The van der Waals surface area contributed by atoms with E-state index in [0.717, 1.165) is 25.7 Å². The van der Waals surface area contributed by atoms with Gasteiger partial charge in [0.25, 0.3) is 5.91 Å². The van der Waals surface area contributed by atoms with Gasteiger partial charge in [0, 0.05) is 19.1 Å². The van der Waals surface area contributed by atoms with Crippen LogP contribution in [-0.2, 0) is 9.59 Å². The number of benzene rings is 1. The van der Waals surface area contributed by atoms with Crippen molar-refractivity contribution in [1.82, 2.24) is 9.80 Å². The lowest BCUT2D eigenvalue weighted by atomic mass is 9.93. The van der Waals surface area contributed by atoms with Gasteiger partial charge in [0.15, 0.2) is 6.10 Å². The van der Waals surface area contributed by atoms with Crippen molar-refractivity contribution in [3.05, 3.63) is 35.6 Å². The fourth-order valence-corrected chi connectivity index (χ4v) is 3.61. The lowest BCUT2D eigenvalue weighted by molar-refractivity contribution is -0.152. The molecule has 0 bridgehead atoms. The number of amides is 2. The summed E-state index contributed by atoms with van der Waals surface area (Å²) in [5.41, 5.74) is 0.337. The number of hydrogen-bond donors (Lipinski definition) is 1. The first-order valence-corrected chi connectivity index (χ1v) is 8.58. The summed E-state index contributed by atoms with van der Waals surface area (Å²) >= 11 is 0. The van der Waals surface area contributed by atoms with Crippen molar-refractivity contribution < 1.29 is 19.1 Å². The molecule has 1 atom stereocenters. The average molecular weight is 334 g/mol. The van der Waals surface area contributed by atoms with Crippen LogP contribution in [0.2, 0.25) is 0 Å². The van der Waals surface area contributed by atoms with Gasteiger partial charge in [-0.3, -0.25) is 9.59 Å². The highest BCUT2D eigenvalue weighted by Crippen LogP contribution is 2.25. The van der Waals surface area contributed by atoms with Gasteiger partial charge in [-0.15, -0.1) is 0 Å².